The highest BCUT2D eigenvalue weighted by Crippen LogP contribution is 2.27. The number of methoxy groups -OCH3 is 2. The molecule has 0 unspecified atom stereocenters. The van der Waals surface area contributed by atoms with Crippen molar-refractivity contribution < 1.29 is 14.3 Å². The van der Waals surface area contributed by atoms with Gasteiger partial charge in [-0.05, 0) is 36.8 Å². The molecule has 1 aliphatic rings. The third-order valence-corrected chi connectivity index (χ3v) is 4.38. The third-order valence-electron chi connectivity index (χ3n) is 4.38. The monoisotopic (exact) mass is 342 g/mol. The predicted octanol–water partition coefficient (Wildman–Crippen LogP) is 2.30. The lowest BCUT2D eigenvalue weighted by molar-refractivity contribution is -0.122. The smallest absolute Gasteiger partial charge is 0.220 e. The summed E-state index contributed by atoms with van der Waals surface area (Å²) in [5.74, 6) is 1.98. The molecule has 23 heavy (non-hydrogen) atoms. The molecule has 0 aromatic heterocycles. The van der Waals surface area contributed by atoms with Crippen LogP contribution in [-0.4, -0.2) is 32.7 Å². The maximum absolute atomic E-state index is 12.0. The van der Waals surface area contributed by atoms with Gasteiger partial charge in [0, 0.05) is 25.1 Å². The first kappa shape index (κ1) is 19.6. The summed E-state index contributed by atoms with van der Waals surface area (Å²) < 4.78 is 10.5. The predicted molar refractivity (Wildman–Crippen MR) is 93.4 cm³/mol. The number of hydrogen-bond donors (Lipinski definition) is 2. The number of ether oxygens (including phenoxy) is 2. The fourth-order valence-electron chi connectivity index (χ4n) is 3.02. The Kier molecular flexibility index (Phi) is 8.20. The van der Waals surface area contributed by atoms with E-state index in [1.807, 2.05) is 18.2 Å². The number of carbonyl (C=O) groups is 1. The molecule has 0 heterocycles. The summed E-state index contributed by atoms with van der Waals surface area (Å²) in [7, 11) is 3.26. The molecule has 5 nitrogen and oxygen atoms in total. The van der Waals surface area contributed by atoms with E-state index in [2.05, 4.69) is 5.32 Å². The molecule has 1 aliphatic carbocycles. The average molecular weight is 343 g/mol. The lowest BCUT2D eigenvalue weighted by Gasteiger charge is -2.15. The number of rotatable bonds is 7. The van der Waals surface area contributed by atoms with Crippen LogP contribution in [0.4, 0.5) is 0 Å². The summed E-state index contributed by atoms with van der Waals surface area (Å²) in [6.07, 6.45) is 4.53. The lowest BCUT2D eigenvalue weighted by Crippen LogP contribution is -2.32. The maximum Gasteiger partial charge on any atom is 0.220 e. The second-order valence-corrected chi connectivity index (χ2v) is 5.84. The Morgan fingerprint density at radius 1 is 1.30 bits per heavy atom. The van der Waals surface area contributed by atoms with Gasteiger partial charge in [0.15, 0.2) is 0 Å². The van der Waals surface area contributed by atoms with Crippen molar-refractivity contribution in [2.45, 2.75) is 38.1 Å². The van der Waals surface area contributed by atoms with Crippen molar-refractivity contribution >= 4 is 18.3 Å². The van der Waals surface area contributed by atoms with Gasteiger partial charge in [0.1, 0.15) is 11.5 Å². The highest BCUT2D eigenvalue weighted by atomic mass is 35.5. The topological polar surface area (TPSA) is 73.6 Å². The fraction of sp³-hybridized carbons (Fsp3) is 0.588. The first-order chi connectivity index (χ1) is 10.6. The number of benzene rings is 1. The van der Waals surface area contributed by atoms with Crippen molar-refractivity contribution in [3.8, 4) is 11.5 Å². The van der Waals surface area contributed by atoms with E-state index in [-0.39, 0.29) is 24.4 Å². The number of nitrogens with two attached hydrogens (primary N) is 1. The van der Waals surface area contributed by atoms with E-state index in [1.54, 1.807) is 14.2 Å². The molecule has 3 N–H and O–H groups in total. The largest absolute Gasteiger partial charge is 0.497 e. The zero-order valence-electron chi connectivity index (χ0n) is 13.8. The molecule has 1 amide bonds. The SMILES string of the molecule is COc1ccc(CCNC(=O)C[C@@H]2CCC[C@H]2N)c(OC)c1.Cl. The molecule has 130 valence electrons. The molecule has 6 heteroatoms. The van der Waals surface area contributed by atoms with Crippen LogP contribution >= 0.6 is 12.4 Å². The van der Waals surface area contributed by atoms with Gasteiger partial charge in [-0.1, -0.05) is 12.5 Å². The molecule has 2 atom stereocenters. The molecule has 2 rings (SSSR count). The van der Waals surface area contributed by atoms with Crippen LogP contribution in [0, 0.1) is 5.92 Å². The lowest BCUT2D eigenvalue weighted by atomic mass is 10.00. The second-order valence-electron chi connectivity index (χ2n) is 5.84. The molecule has 0 saturated heterocycles. The summed E-state index contributed by atoms with van der Waals surface area (Å²) in [6, 6.07) is 5.91. The molecular formula is C17H27ClN2O3. The van der Waals surface area contributed by atoms with Crippen LogP contribution in [0.5, 0.6) is 11.5 Å². The molecule has 0 bridgehead atoms. The minimum absolute atomic E-state index is 0. The van der Waals surface area contributed by atoms with Crippen LogP contribution in [-0.2, 0) is 11.2 Å². The third kappa shape index (κ3) is 5.59. The van der Waals surface area contributed by atoms with Crippen LogP contribution in [0.15, 0.2) is 18.2 Å². The Labute approximate surface area is 144 Å². The maximum atomic E-state index is 12.0. The van der Waals surface area contributed by atoms with Crippen LogP contribution in [0.1, 0.15) is 31.2 Å². The van der Waals surface area contributed by atoms with Gasteiger partial charge in [0.2, 0.25) is 5.91 Å². The molecule has 1 fully saturated rings. The Hall–Kier alpha value is -1.46. The van der Waals surface area contributed by atoms with Crippen molar-refractivity contribution in [2.75, 3.05) is 20.8 Å². The molecular weight excluding hydrogens is 316 g/mol. The average Bonchev–Trinajstić information content (AvgIpc) is 2.92. The number of halogens is 1. The van der Waals surface area contributed by atoms with Gasteiger partial charge in [-0.3, -0.25) is 4.79 Å². The minimum atomic E-state index is 0. The van der Waals surface area contributed by atoms with Gasteiger partial charge in [-0.2, -0.15) is 0 Å². The van der Waals surface area contributed by atoms with Crippen LogP contribution in [0.2, 0.25) is 0 Å². The molecule has 0 radical (unpaired) electrons. The summed E-state index contributed by atoms with van der Waals surface area (Å²) in [6.45, 7) is 0.601. The number of amides is 1. The van der Waals surface area contributed by atoms with Crippen molar-refractivity contribution in [3.05, 3.63) is 23.8 Å². The van der Waals surface area contributed by atoms with Crippen molar-refractivity contribution in [3.63, 3.8) is 0 Å². The van der Waals surface area contributed by atoms with E-state index >= 15 is 0 Å². The molecule has 1 aromatic carbocycles. The molecule has 1 saturated carbocycles. The van der Waals surface area contributed by atoms with Crippen LogP contribution in [0.25, 0.3) is 0 Å². The summed E-state index contributed by atoms with van der Waals surface area (Å²) in [5.41, 5.74) is 7.06. The molecule has 0 aliphatic heterocycles. The zero-order chi connectivity index (χ0) is 15.9. The van der Waals surface area contributed by atoms with E-state index in [0.29, 0.717) is 18.9 Å². The summed E-state index contributed by atoms with van der Waals surface area (Å²) in [5, 5.41) is 2.98. The van der Waals surface area contributed by atoms with Gasteiger partial charge in [0.25, 0.3) is 0 Å². The van der Waals surface area contributed by atoms with Gasteiger partial charge >= 0.3 is 0 Å². The van der Waals surface area contributed by atoms with Crippen LogP contribution < -0.4 is 20.5 Å². The Bertz CT molecular complexity index is 511. The minimum Gasteiger partial charge on any atom is -0.497 e. The zero-order valence-corrected chi connectivity index (χ0v) is 14.7. The number of carbonyl (C=O) groups excluding carboxylic acids is 1. The highest BCUT2D eigenvalue weighted by molar-refractivity contribution is 5.85. The van der Waals surface area contributed by atoms with Crippen LogP contribution in [0.3, 0.4) is 0 Å². The van der Waals surface area contributed by atoms with E-state index in [9.17, 15) is 4.79 Å². The standard InChI is InChI=1S/C17H26N2O3.ClH/c1-21-14-7-6-12(16(11-14)22-2)8-9-19-17(20)10-13-4-3-5-15(13)18;/h6-7,11,13,15H,3-5,8-10,18H2,1-2H3,(H,19,20);1H/t13-,15+;/m0./s1. The van der Waals surface area contributed by atoms with E-state index in [1.165, 1.54) is 0 Å². The first-order valence-electron chi connectivity index (χ1n) is 7.87. The summed E-state index contributed by atoms with van der Waals surface area (Å²) >= 11 is 0. The molecule has 1 aromatic rings. The quantitative estimate of drug-likeness (QED) is 0.797. The van der Waals surface area contributed by atoms with Crippen molar-refractivity contribution in [1.82, 2.24) is 5.32 Å². The van der Waals surface area contributed by atoms with Gasteiger partial charge in [0.05, 0.1) is 14.2 Å². The summed E-state index contributed by atoms with van der Waals surface area (Å²) in [4.78, 5) is 12.0. The van der Waals surface area contributed by atoms with Gasteiger partial charge in [-0.25, -0.2) is 0 Å². The highest BCUT2D eigenvalue weighted by Gasteiger charge is 2.25. The van der Waals surface area contributed by atoms with E-state index in [0.717, 1.165) is 42.7 Å². The Morgan fingerprint density at radius 2 is 2.09 bits per heavy atom. The Balaban J connectivity index is 0.00000264. The van der Waals surface area contributed by atoms with Crippen molar-refractivity contribution in [2.24, 2.45) is 11.7 Å². The van der Waals surface area contributed by atoms with Crippen molar-refractivity contribution in [1.29, 1.82) is 0 Å². The number of nitrogens with one attached hydrogen (secondary N) is 1. The normalized spacial score (nSPS) is 19.8. The van der Waals surface area contributed by atoms with E-state index in [4.69, 9.17) is 15.2 Å². The van der Waals surface area contributed by atoms with E-state index < -0.39 is 0 Å². The fourth-order valence-corrected chi connectivity index (χ4v) is 3.02. The second kappa shape index (κ2) is 9.63. The molecule has 0 spiro atoms. The first-order valence-corrected chi connectivity index (χ1v) is 7.87. The van der Waals surface area contributed by atoms with Gasteiger partial charge in [-0.15, -0.1) is 12.4 Å². The number of hydrogen-bond acceptors (Lipinski definition) is 4. The Morgan fingerprint density at radius 3 is 2.70 bits per heavy atom. The van der Waals surface area contributed by atoms with Gasteiger partial charge < -0.3 is 20.5 Å².